The van der Waals surface area contributed by atoms with E-state index >= 15 is 0 Å². The molecule has 0 radical (unpaired) electrons. The molecule has 19 heavy (non-hydrogen) atoms. The van der Waals surface area contributed by atoms with Gasteiger partial charge in [-0.2, -0.15) is 0 Å². The smallest absolute Gasteiger partial charge is 0.318 e. The molecule has 1 N–H and O–H groups in total. The molecular weight excluding hydrogens is 260 g/mol. The maximum absolute atomic E-state index is 12.3. The van der Waals surface area contributed by atoms with Crippen LogP contribution in [0.15, 0.2) is 17.5 Å². The van der Waals surface area contributed by atoms with Gasteiger partial charge in [0.25, 0.3) is 0 Å². The van der Waals surface area contributed by atoms with Crippen LogP contribution in [0.5, 0.6) is 0 Å². The summed E-state index contributed by atoms with van der Waals surface area (Å²) in [6.07, 6.45) is 4.56. The first-order chi connectivity index (χ1) is 9.34. The molecule has 2 fully saturated rings. The fourth-order valence-electron chi connectivity index (χ4n) is 2.89. The quantitative estimate of drug-likeness (QED) is 0.925. The van der Waals surface area contributed by atoms with Crippen molar-refractivity contribution in [3.05, 3.63) is 22.4 Å². The summed E-state index contributed by atoms with van der Waals surface area (Å²) in [6, 6.07) is 4.51. The lowest BCUT2D eigenvalue weighted by molar-refractivity contribution is 0.108. The Labute approximate surface area is 117 Å². The average molecular weight is 280 g/mol. The molecule has 2 amide bonds. The van der Waals surface area contributed by atoms with E-state index in [0.29, 0.717) is 6.54 Å². The maximum Gasteiger partial charge on any atom is 0.318 e. The first-order valence-corrected chi connectivity index (χ1v) is 7.92. The molecule has 3 heterocycles. The second kappa shape index (κ2) is 5.92. The molecule has 104 valence electrons. The van der Waals surface area contributed by atoms with Crippen LogP contribution in [0.3, 0.4) is 0 Å². The van der Waals surface area contributed by atoms with Crippen LogP contribution >= 0.6 is 11.3 Å². The molecule has 0 spiro atoms. The van der Waals surface area contributed by atoms with Crippen molar-refractivity contribution in [2.45, 2.75) is 37.8 Å². The zero-order chi connectivity index (χ0) is 13.1. The number of ether oxygens (including phenoxy) is 1. The van der Waals surface area contributed by atoms with Crippen molar-refractivity contribution in [1.82, 2.24) is 10.2 Å². The van der Waals surface area contributed by atoms with E-state index in [1.807, 2.05) is 4.90 Å². The summed E-state index contributed by atoms with van der Waals surface area (Å²) in [6.45, 7) is 2.34. The standard InChI is InChI=1S/C14H20N2O2S/c17-14(15-10-11-4-2-8-18-11)16-7-1-5-12(16)13-6-3-9-19-13/h3,6,9,11-12H,1-2,4-5,7-8,10H2,(H,15,17). The lowest BCUT2D eigenvalue weighted by Crippen LogP contribution is -2.42. The zero-order valence-corrected chi connectivity index (χ0v) is 11.8. The van der Waals surface area contributed by atoms with Gasteiger partial charge in [-0.1, -0.05) is 6.07 Å². The predicted octanol–water partition coefficient (Wildman–Crippen LogP) is 2.77. The topological polar surface area (TPSA) is 41.6 Å². The molecule has 0 aliphatic carbocycles. The number of carbonyl (C=O) groups is 1. The van der Waals surface area contributed by atoms with E-state index in [-0.39, 0.29) is 18.2 Å². The lowest BCUT2D eigenvalue weighted by atomic mass is 10.2. The highest BCUT2D eigenvalue weighted by Gasteiger charge is 2.30. The van der Waals surface area contributed by atoms with E-state index < -0.39 is 0 Å². The Kier molecular flexibility index (Phi) is 4.03. The Morgan fingerprint density at radius 3 is 3.16 bits per heavy atom. The Bertz CT molecular complexity index is 415. The summed E-state index contributed by atoms with van der Waals surface area (Å²) in [5.74, 6) is 0. The van der Waals surface area contributed by atoms with Gasteiger partial charge in [-0.15, -0.1) is 11.3 Å². The highest BCUT2D eigenvalue weighted by atomic mass is 32.1. The van der Waals surface area contributed by atoms with E-state index in [4.69, 9.17) is 4.74 Å². The Morgan fingerprint density at radius 1 is 1.47 bits per heavy atom. The predicted molar refractivity (Wildman–Crippen MR) is 75.4 cm³/mol. The Morgan fingerprint density at radius 2 is 2.42 bits per heavy atom. The molecule has 2 aliphatic rings. The SMILES string of the molecule is O=C(NCC1CCCO1)N1CCCC1c1cccs1. The fourth-order valence-corrected chi connectivity index (χ4v) is 3.77. The normalized spacial score (nSPS) is 26.8. The number of thiophene rings is 1. The first-order valence-electron chi connectivity index (χ1n) is 7.04. The summed E-state index contributed by atoms with van der Waals surface area (Å²) in [5.41, 5.74) is 0. The highest BCUT2D eigenvalue weighted by molar-refractivity contribution is 7.10. The molecule has 2 saturated heterocycles. The number of carbonyl (C=O) groups excluding carboxylic acids is 1. The summed E-state index contributed by atoms with van der Waals surface area (Å²) < 4.78 is 5.53. The van der Waals surface area contributed by atoms with Crippen LogP contribution < -0.4 is 5.32 Å². The summed E-state index contributed by atoms with van der Waals surface area (Å²) >= 11 is 1.74. The lowest BCUT2D eigenvalue weighted by Gasteiger charge is -2.25. The number of hydrogen-bond acceptors (Lipinski definition) is 3. The van der Waals surface area contributed by atoms with Crippen molar-refractivity contribution in [3.63, 3.8) is 0 Å². The zero-order valence-electron chi connectivity index (χ0n) is 11.0. The molecule has 1 aromatic heterocycles. The van der Waals surface area contributed by atoms with E-state index in [1.165, 1.54) is 4.88 Å². The van der Waals surface area contributed by atoms with Gasteiger partial charge < -0.3 is 15.0 Å². The third kappa shape index (κ3) is 2.92. The molecule has 2 unspecified atom stereocenters. The van der Waals surface area contributed by atoms with Crippen LogP contribution in [-0.4, -0.2) is 36.7 Å². The molecule has 3 rings (SSSR count). The van der Waals surface area contributed by atoms with Gasteiger partial charge >= 0.3 is 6.03 Å². The third-order valence-electron chi connectivity index (χ3n) is 3.89. The van der Waals surface area contributed by atoms with Crippen molar-refractivity contribution < 1.29 is 9.53 Å². The van der Waals surface area contributed by atoms with Gasteiger partial charge in [-0.25, -0.2) is 4.79 Å². The molecule has 0 aromatic carbocycles. The van der Waals surface area contributed by atoms with Gasteiger partial charge in [-0.3, -0.25) is 0 Å². The molecule has 4 nitrogen and oxygen atoms in total. The Hall–Kier alpha value is -1.07. The van der Waals surface area contributed by atoms with Crippen LogP contribution in [0, 0.1) is 0 Å². The number of nitrogens with zero attached hydrogens (tertiary/aromatic N) is 1. The molecule has 0 saturated carbocycles. The summed E-state index contributed by atoms with van der Waals surface area (Å²) in [7, 11) is 0. The number of likely N-dealkylation sites (tertiary alicyclic amines) is 1. The van der Waals surface area contributed by atoms with Crippen molar-refractivity contribution in [2.75, 3.05) is 19.7 Å². The monoisotopic (exact) mass is 280 g/mol. The maximum atomic E-state index is 12.3. The van der Waals surface area contributed by atoms with Crippen LogP contribution in [-0.2, 0) is 4.74 Å². The summed E-state index contributed by atoms with van der Waals surface area (Å²) in [5, 5.41) is 5.10. The Balaban J connectivity index is 1.56. The van der Waals surface area contributed by atoms with Gasteiger partial charge in [0.2, 0.25) is 0 Å². The van der Waals surface area contributed by atoms with Gasteiger partial charge in [-0.05, 0) is 37.1 Å². The molecule has 2 atom stereocenters. The second-order valence-electron chi connectivity index (χ2n) is 5.19. The van der Waals surface area contributed by atoms with Crippen molar-refractivity contribution in [3.8, 4) is 0 Å². The van der Waals surface area contributed by atoms with Crippen LogP contribution in [0.2, 0.25) is 0 Å². The first kappa shape index (κ1) is 12.9. The molecule has 2 aliphatic heterocycles. The highest BCUT2D eigenvalue weighted by Crippen LogP contribution is 2.34. The second-order valence-corrected chi connectivity index (χ2v) is 6.17. The van der Waals surface area contributed by atoms with Crippen molar-refractivity contribution in [1.29, 1.82) is 0 Å². The molecule has 0 bridgehead atoms. The van der Waals surface area contributed by atoms with Gasteiger partial charge in [0.05, 0.1) is 12.1 Å². The summed E-state index contributed by atoms with van der Waals surface area (Å²) in [4.78, 5) is 15.5. The van der Waals surface area contributed by atoms with Crippen LogP contribution in [0.1, 0.15) is 36.6 Å². The van der Waals surface area contributed by atoms with Gasteiger partial charge in [0.15, 0.2) is 0 Å². The number of hydrogen-bond donors (Lipinski definition) is 1. The average Bonchev–Trinajstić information content (AvgIpc) is 3.14. The largest absolute Gasteiger partial charge is 0.376 e. The molecule has 1 aromatic rings. The number of nitrogens with one attached hydrogen (secondary N) is 1. The fraction of sp³-hybridized carbons (Fsp3) is 0.643. The van der Waals surface area contributed by atoms with E-state index in [9.17, 15) is 4.79 Å². The number of urea groups is 1. The minimum Gasteiger partial charge on any atom is -0.376 e. The van der Waals surface area contributed by atoms with E-state index in [2.05, 4.69) is 22.8 Å². The minimum atomic E-state index is 0.0615. The van der Waals surface area contributed by atoms with Crippen molar-refractivity contribution >= 4 is 17.4 Å². The molecule has 5 heteroatoms. The third-order valence-corrected chi connectivity index (χ3v) is 4.86. The van der Waals surface area contributed by atoms with Gasteiger partial charge in [0, 0.05) is 24.6 Å². The molecular formula is C14H20N2O2S. The van der Waals surface area contributed by atoms with Crippen molar-refractivity contribution in [2.24, 2.45) is 0 Å². The van der Waals surface area contributed by atoms with Gasteiger partial charge in [0.1, 0.15) is 0 Å². The number of amides is 2. The minimum absolute atomic E-state index is 0.0615. The number of rotatable bonds is 3. The van der Waals surface area contributed by atoms with Crippen LogP contribution in [0.4, 0.5) is 4.79 Å². The van der Waals surface area contributed by atoms with Crippen LogP contribution in [0.25, 0.3) is 0 Å². The van der Waals surface area contributed by atoms with E-state index in [0.717, 1.165) is 38.8 Å². The van der Waals surface area contributed by atoms with E-state index in [1.54, 1.807) is 11.3 Å².